The van der Waals surface area contributed by atoms with Crippen LogP contribution in [0.25, 0.3) is 34.0 Å². The topological polar surface area (TPSA) is 79.5 Å². The van der Waals surface area contributed by atoms with Crippen molar-refractivity contribution in [2.75, 3.05) is 6.54 Å². The zero-order valence-electron chi connectivity index (χ0n) is 22.7. The molecule has 5 rings (SSSR count). The number of hydrogen-bond acceptors (Lipinski definition) is 5. The van der Waals surface area contributed by atoms with Crippen LogP contribution in [0.5, 0.6) is 0 Å². The molecule has 0 saturated carbocycles. The van der Waals surface area contributed by atoms with E-state index in [4.69, 9.17) is 4.52 Å². The van der Waals surface area contributed by atoms with E-state index in [9.17, 15) is 23.1 Å². The van der Waals surface area contributed by atoms with Crippen LogP contribution in [0.3, 0.4) is 0 Å². The number of hydrogen-bond donors (Lipinski definition) is 1. The minimum atomic E-state index is -4.58. The summed E-state index contributed by atoms with van der Waals surface area (Å²) in [5, 5.41) is 13.9. The molecule has 0 radical (unpaired) electrons. The molecule has 0 fully saturated rings. The van der Waals surface area contributed by atoms with Crippen molar-refractivity contribution in [1.82, 2.24) is 15.0 Å². The summed E-state index contributed by atoms with van der Waals surface area (Å²) in [4.78, 5) is 18.4. The molecule has 0 spiro atoms. The van der Waals surface area contributed by atoms with Gasteiger partial charge in [0.15, 0.2) is 0 Å². The molecule has 3 aromatic carbocycles. The van der Waals surface area contributed by atoms with Crippen molar-refractivity contribution in [2.24, 2.45) is 5.41 Å². The molecule has 2 heterocycles. The van der Waals surface area contributed by atoms with Gasteiger partial charge in [0.05, 0.1) is 5.56 Å². The molecule has 1 unspecified atom stereocenters. The third kappa shape index (κ3) is 5.38. The lowest BCUT2D eigenvalue weighted by atomic mass is 9.84. The fourth-order valence-corrected chi connectivity index (χ4v) is 5.49. The number of aromatic nitrogens is 2. The van der Waals surface area contributed by atoms with Crippen LogP contribution in [0.4, 0.5) is 13.2 Å². The second-order valence-corrected chi connectivity index (χ2v) is 11.3. The van der Waals surface area contributed by atoms with Gasteiger partial charge in [-0.1, -0.05) is 68.4 Å². The Balaban J connectivity index is 1.46. The number of carboxylic acids is 1. The summed E-state index contributed by atoms with van der Waals surface area (Å²) in [6.45, 7) is 8.60. The van der Waals surface area contributed by atoms with Gasteiger partial charge in [-0.15, -0.1) is 0 Å². The fraction of sp³-hybridized carbons (Fsp3) is 0.323. The highest BCUT2D eigenvalue weighted by Gasteiger charge is 2.38. The average Bonchev–Trinajstić information content (AvgIpc) is 3.37. The van der Waals surface area contributed by atoms with Gasteiger partial charge in [-0.05, 0) is 64.8 Å². The van der Waals surface area contributed by atoms with Gasteiger partial charge in [-0.3, -0.25) is 9.69 Å². The maximum atomic E-state index is 14.1. The Labute approximate surface area is 230 Å². The number of rotatable bonds is 5. The number of benzene rings is 3. The summed E-state index contributed by atoms with van der Waals surface area (Å²) in [7, 11) is 0. The van der Waals surface area contributed by atoms with E-state index in [1.54, 1.807) is 37.3 Å². The predicted molar refractivity (Wildman–Crippen MR) is 145 cm³/mol. The van der Waals surface area contributed by atoms with Crippen LogP contribution in [-0.4, -0.2) is 38.7 Å². The van der Waals surface area contributed by atoms with Crippen LogP contribution in [0, 0.1) is 12.3 Å². The van der Waals surface area contributed by atoms with Crippen LogP contribution in [-0.2, 0) is 23.9 Å². The Hall–Kier alpha value is -3.98. The lowest BCUT2D eigenvalue weighted by Gasteiger charge is -2.39. The Kier molecular flexibility index (Phi) is 7.04. The van der Waals surface area contributed by atoms with Gasteiger partial charge in [0.25, 0.3) is 5.89 Å². The van der Waals surface area contributed by atoms with Crippen molar-refractivity contribution in [3.05, 3.63) is 82.9 Å². The van der Waals surface area contributed by atoms with E-state index in [0.29, 0.717) is 30.6 Å². The second kappa shape index (κ2) is 10.2. The Bertz CT molecular complexity index is 1570. The number of halogens is 3. The molecular formula is C31H30F3N3O3. The van der Waals surface area contributed by atoms with E-state index in [0.717, 1.165) is 22.8 Å². The van der Waals surface area contributed by atoms with Crippen LogP contribution in [0.2, 0.25) is 0 Å². The van der Waals surface area contributed by atoms with Crippen molar-refractivity contribution in [3.63, 3.8) is 0 Å². The van der Waals surface area contributed by atoms with Crippen LogP contribution in [0.15, 0.2) is 65.2 Å². The smallest absolute Gasteiger partial charge is 0.417 e. The normalized spacial score (nSPS) is 15.1. The van der Waals surface area contributed by atoms with E-state index in [2.05, 4.69) is 10.1 Å². The zero-order valence-corrected chi connectivity index (χ0v) is 22.7. The Morgan fingerprint density at radius 3 is 2.38 bits per heavy atom. The first-order valence-electron chi connectivity index (χ1n) is 13.0. The lowest BCUT2D eigenvalue weighted by Crippen LogP contribution is -2.51. The molecule has 0 amide bonds. The quantitative estimate of drug-likeness (QED) is 0.282. The molecule has 40 heavy (non-hydrogen) atoms. The first-order valence-corrected chi connectivity index (χ1v) is 13.0. The summed E-state index contributed by atoms with van der Waals surface area (Å²) >= 11 is 0. The Morgan fingerprint density at radius 1 is 0.975 bits per heavy atom. The summed E-state index contributed by atoms with van der Waals surface area (Å²) in [6.07, 6.45) is -3.87. The minimum absolute atomic E-state index is 0.0187. The SMILES string of the molecule is Cc1ccccc1-c1ccc(-c2nc(-c3ccc4c(c3)CN(C(C(=O)O)C(C)(C)C)CC4)no2)cc1C(F)(F)F. The van der Waals surface area contributed by atoms with Gasteiger partial charge in [-0.25, -0.2) is 0 Å². The largest absolute Gasteiger partial charge is 0.480 e. The monoisotopic (exact) mass is 549 g/mol. The number of alkyl halides is 3. The molecule has 6 nitrogen and oxygen atoms in total. The van der Waals surface area contributed by atoms with Crippen molar-refractivity contribution in [2.45, 2.75) is 52.9 Å². The standard InChI is InChI=1S/C31H30F3N3O3/c1-18-7-5-6-8-23(18)24-12-11-21(16-25(24)31(32,33)34)28-35-27(36-40-28)20-10-9-19-13-14-37(17-22(19)15-20)26(29(38)39)30(2,3)4/h5-12,15-16,26H,13-14,17H2,1-4H3,(H,38,39). The number of carbonyl (C=O) groups is 1. The molecule has 0 aliphatic carbocycles. The van der Waals surface area contributed by atoms with Gasteiger partial charge in [0.2, 0.25) is 5.82 Å². The number of carboxylic acid groups (broad SMARTS) is 1. The van der Waals surface area contributed by atoms with Crippen molar-refractivity contribution >= 4 is 5.97 Å². The maximum absolute atomic E-state index is 14.1. The van der Waals surface area contributed by atoms with Crippen molar-refractivity contribution in [3.8, 4) is 34.0 Å². The van der Waals surface area contributed by atoms with Gasteiger partial charge in [0, 0.05) is 24.2 Å². The zero-order chi connectivity index (χ0) is 28.8. The maximum Gasteiger partial charge on any atom is 0.417 e. The fourth-order valence-electron chi connectivity index (χ4n) is 5.49. The van der Waals surface area contributed by atoms with E-state index < -0.39 is 29.2 Å². The molecule has 1 N–H and O–H groups in total. The third-order valence-electron chi connectivity index (χ3n) is 7.36. The van der Waals surface area contributed by atoms with Crippen molar-refractivity contribution < 1.29 is 27.6 Å². The second-order valence-electron chi connectivity index (χ2n) is 11.3. The first-order chi connectivity index (χ1) is 18.8. The number of nitrogens with zero attached hydrogens (tertiary/aromatic N) is 3. The van der Waals surface area contributed by atoms with Crippen LogP contribution < -0.4 is 0 Å². The van der Waals surface area contributed by atoms with Gasteiger partial charge in [0.1, 0.15) is 6.04 Å². The molecule has 4 aromatic rings. The van der Waals surface area contributed by atoms with E-state index in [-0.39, 0.29) is 22.8 Å². The van der Waals surface area contributed by atoms with E-state index in [1.807, 2.05) is 43.9 Å². The molecule has 1 aromatic heterocycles. The number of fused-ring (bicyclic) bond motifs is 1. The van der Waals surface area contributed by atoms with E-state index in [1.165, 1.54) is 6.07 Å². The summed E-state index contributed by atoms with van der Waals surface area (Å²) < 4.78 is 47.7. The van der Waals surface area contributed by atoms with Gasteiger partial charge in [-0.2, -0.15) is 18.2 Å². The first kappa shape index (κ1) is 27.6. The highest BCUT2D eigenvalue weighted by atomic mass is 19.4. The minimum Gasteiger partial charge on any atom is -0.480 e. The molecule has 1 aliphatic heterocycles. The average molecular weight is 550 g/mol. The summed E-state index contributed by atoms with van der Waals surface area (Å²) in [6, 6.07) is 16.0. The number of aryl methyl sites for hydroxylation is 1. The highest BCUT2D eigenvalue weighted by molar-refractivity contribution is 5.75. The van der Waals surface area contributed by atoms with Crippen LogP contribution in [0.1, 0.15) is 43.0 Å². The third-order valence-corrected chi connectivity index (χ3v) is 7.36. The molecule has 0 bridgehead atoms. The molecular weight excluding hydrogens is 519 g/mol. The molecule has 9 heteroatoms. The Morgan fingerprint density at radius 2 is 1.70 bits per heavy atom. The lowest BCUT2D eigenvalue weighted by molar-refractivity contribution is -0.148. The highest BCUT2D eigenvalue weighted by Crippen LogP contribution is 2.40. The molecule has 1 atom stereocenters. The molecule has 0 saturated heterocycles. The molecule has 208 valence electrons. The van der Waals surface area contributed by atoms with Gasteiger partial charge >= 0.3 is 12.1 Å². The van der Waals surface area contributed by atoms with E-state index >= 15 is 0 Å². The summed E-state index contributed by atoms with van der Waals surface area (Å²) in [5.41, 5.74) is 3.00. The predicted octanol–water partition coefficient (Wildman–Crippen LogP) is 7.26. The van der Waals surface area contributed by atoms with Crippen LogP contribution >= 0.6 is 0 Å². The molecule has 1 aliphatic rings. The van der Waals surface area contributed by atoms with Crippen molar-refractivity contribution in [1.29, 1.82) is 0 Å². The van der Waals surface area contributed by atoms with Gasteiger partial charge < -0.3 is 9.63 Å². The summed E-state index contributed by atoms with van der Waals surface area (Å²) in [5.74, 6) is -0.631. The number of aliphatic carboxylic acids is 1.